The molecule has 1 aromatic carbocycles. The van der Waals surface area contributed by atoms with Crippen molar-refractivity contribution in [3.8, 4) is 5.19 Å². The third kappa shape index (κ3) is 5.09. The Morgan fingerprint density at radius 3 is 2.54 bits per heavy atom. The molecule has 1 aliphatic heterocycles. The maximum atomic E-state index is 12.4. The number of benzene rings is 1. The van der Waals surface area contributed by atoms with Gasteiger partial charge in [-0.2, -0.15) is 0 Å². The summed E-state index contributed by atoms with van der Waals surface area (Å²) in [6.07, 6.45) is 1.74. The van der Waals surface area contributed by atoms with Crippen LogP contribution in [0, 0.1) is 0 Å². The third-order valence-electron chi connectivity index (χ3n) is 4.54. The van der Waals surface area contributed by atoms with E-state index in [4.69, 9.17) is 4.74 Å². The third-order valence-corrected chi connectivity index (χ3v) is 6.68. The Morgan fingerprint density at radius 2 is 1.96 bits per heavy atom. The number of likely N-dealkylation sites (tertiary alicyclic amines) is 1. The smallest absolute Gasteiger partial charge is 0.273 e. The van der Waals surface area contributed by atoms with E-state index in [-0.39, 0.29) is 35.3 Å². The highest BCUT2D eigenvalue weighted by Gasteiger charge is 2.32. The standard InChI is InChI=1S/C19H25N3O4S2/c1-19(2,3)14-4-6-16(7-5-14)28(24,25)21-9-8-17(23)22-12-15(13-22)26-18-20-10-11-27-18/h4-7,10-11,15,21H,8-9,12-13H2,1-3H3. The van der Waals surface area contributed by atoms with Crippen LogP contribution in [-0.2, 0) is 20.2 Å². The van der Waals surface area contributed by atoms with Gasteiger partial charge in [0.1, 0.15) is 6.10 Å². The average Bonchev–Trinajstić information content (AvgIpc) is 3.10. The molecule has 2 heterocycles. The van der Waals surface area contributed by atoms with Crippen LogP contribution >= 0.6 is 11.3 Å². The van der Waals surface area contributed by atoms with Crippen molar-refractivity contribution in [1.82, 2.24) is 14.6 Å². The highest BCUT2D eigenvalue weighted by atomic mass is 32.2. The number of nitrogens with one attached hydrogen (secondary N) is 1. The van der Waals surface area contributed by atoms with Gasteiger partial charge in [0.2, 0.25) is 15.9 Å². The second-order valence-corrected chi connectivity index (χ2v) is 10.4. The quantitative estimate of drug-likeness (QED) is 0.739. The van der Waals surface area contributed by atoms with Gasteiger partial charge in [-0.15, -0.1) is 0 Å². The molecule has 2 aromatic rings. The van der Waals surface area contributed by atoms with Gasteiger partial charge >= 0.3 is 0 Å². The lowest BCUT2D eigenvalue weighted by Gasteiger charge is -2.38. The number of hydrogen-bond acceptors (Lipinski definition) is 6. The molecule has 0 bridgehead atoms. The molecule has 9 heteroatoms. The Labute approximate surface area is 169 Å². The lowest BCUT2D eigenvalue weighted by molar-refractivity contribution is -0.139. The molecule has 0 unspecified atom stereocenters. The van der Waals surface area contributed by atoms with Gasteiger partial charge in [-0.05, 0) is 23.1 Å². The number of ether oxygens (including phenoxy) is 1. The molecule has 152 valence electrons. The molecule has 3 rings (SSSR count). The van der Waals surface area contributed by atoms with Gasteiger partial charge in [-0.3, -0.25) is 4.79 Å². The number of amides is 1. The minimum absolute atomic E-state index is 0.0412. The maximum Gasteiger partial charge on any atom is 0.273 e. The number of rotatable bonds is 7. The van der Waals surface area contributed by atoms with Crippen LogP contribution in [0.25, 0.3) is 0 Å². The van der Waals surface area contributed by atoms with Crippen molar-refractivity contribution < 1.29 is 17.9 Å². The first-order chi connectivity index (χ1) is 13.1. The Kier molecular flexibility index (Phi) is 6.07. The molecular weight excluding hydrogens is 398 g/mol. The highest BCUT2D eigenvalue weighted by molar-refractivity contribution is 7.89. The van der Waals surface area contributed by atoms with E-state index in [1.165, 1.54) is 11.3 Å². The van der Waals surface area contributed by atoms with Crippen molar-refractivity contribution in [2.24, 2.45) is 0 Å². The molecule has 0 radical (unpaired) electrons. The van der Waals surface area contributed by atoms with Crippen LogP contribution in [0.4, 0.5) is 0 Å². The molecule has 1 saturated heterocycles. The molecule has 0 aliphatic carbocycles. The van der Waals surface area contributed by atoms with Crippen LogP contribution in [0.2, 0.25) is 0 Å². The molecule has 0 spiro atoms. The van der Waals surface area contributed by atoms with Crippen molar-refractivity contribution in [3.63, 3.8) is 0 Å². The largest absolute Gasteiger partial charge is 0.463 e. The number of aromatic nitrogens is 1. The van der Waals surface area contributed by atoms with Crippen LogP contribution in [0.1, 0.15) is 32.8 Å². The van der Waals surface area contributed by atoms with Crippen molar-refractivity contribution in [2.75, 3.05) is 19.6 Å². The molecule has 0 saturated carbocycles. The van der Waals surface area contributed by atoms with E-state index in [0.29, 0.717) is 18.3 Å². The molecule has 28 heavy (non-hydrogen) atoms. The first-order valence-corrected chi connectivity index (χ1v) is 11.5. The van der Waals surface area contributed by atoms with Gasteiger partial charge in [0, 0.05) is 24.5 Å². The van der Waals surface area contributed by atoms with Crippen LogP contribution in [-0.4, -0.2) is 49.9 Å². The predicted molar refractivity (Wildman–Crippen MR) is 108 cm³/mol. The Bertz CT molecular complexity index is 898. The summed E-state index contributed by atoms with van der Waals surface area (Å²) in [5, 5.41) is 2.43. The summed E-state index contributed by atoms with van der Waals surface area (Å²) in [4.78, 5) is 18.1. The zero-order chi connectivity index (χ0) is 20.4. The number of sulfonamides is 1. The Balaban J connectivity index is 1.43. The SMILES string of the molecule is CC(C)(C)c1ccc(S(=O)(=O)NCCC(=O)N2CC(Oc3nccs3)C2)cc1. The number of thiazole rings is 1. The first kappa shape index (κ1) is 20.8. The van der Waals surface area contributed by atoms with E-state index in [1.54, 1.807) is 23.2 Å². The summed E-state index contributed by atoms with van der Waals surface area (Å²) < 4.78 is 32.9. The zero-order valence-corrected chi connectivity index (χ0v) is 17.8. The fraction of sp³-hybridized carbons (Fsp3) is 0.474. The van der Waals surface area contributed by atoms with E-state index in [0.717, 1.165) is 5.56 Å². The molecule has 1 fully saturated rings. The highest BCUT2D eigenvalue weighted by Crippen LogP contribution is 2.23. The summed E-state index contributed by atoms with van der Waals surface area (Å²) in [6, 6.07) is 6.84. The molecule has 0 atom stereocenters. The maximum absolute atomic E-state index is 12.4. The number of hydrogen-bond donors (Lipinski definition) is 1. The van der Waals surface area contributed by atoms with Gasteiger partial charge in [0.25, 0.3) is 5.19 Å². The van der Waals surface area contributed by atoms with Crippen LogP contribution in [0.5, 0.6) is 5.19 Å². The summed E-state index contributed by atoms with van der Waals surface area (Å²) in [5.41, 5.74) is 1.02. The van der Waals surface area contributed by atoms with Gasteiger partial charge < -0.3 is 9.64 Å². The van der Waals surface area contributed by atoms with Crippen molar-refractivity contribution in [3.05, 3.63) is 41.4 Å². The average molecular weight is 424 g/mol. The summed E-state index contributed by atoms with van der Waals surface area (Å²) >= 11 is 1.41. The molecule has 1 aromatic heterocycles. The second kappa shape index (κ2) is 8.18. The van der Waals surface area contributed by atoms with Crippen LogP contribution in [0.15, 0.2) is 40.7 Å². The van der Waals surface area contributed by atoms with Gasteiger partial charge in [0.15, 0.2) is 0 Å². The zero-order valence-electron chi connectivity index (χ0n) is 16.2. The van der Waals surface area contributed by atoms with Crippen molar-refractivity contribution in [1.29, 1.82) is 0 Å². The molecule has 1 aliphatic rings. The predicted octanol–water partition coefficient (Wildman–Crippen LogP) is 2.40. The van der Waals surface area contributed by atoms with E-state index in [9.17, 15) is 13.2 Å². The van der Waals surface area contributed by atoms with Crippen LogP contribution < -0.4 is 9.46 Å². The van der Waals surface area contributed by atoms with E-state index >= 15 is 0 Å². The van der Waals surface area contributed by atoms with E-state index in [2.05, 4.69) is 30.5 Å². The van der Waals surface area contributed by atoms with Gasteiger partial charge in [0.05, 0.1) is 18.0 Å². The number of nitrogens with zero attached hydrogens (tertiary/aromatic N) is 2. The van der Waals surface area contributed by atoms with E-state index < -0.39 is 10.0 Å². The lowest BCUT2D eigenvalue weighted by Crippen LogP contribution is -2.56. The summed E-state index contributed by atoms with van der Waals surface area (Å²) in [5.74, 6) is -0.0928. The molecular formula is C19H25N3O4S2. The number of carbonyl (C=O) groups is 1. The van der Waals surface area contributed by atoms with Gasteiger partial charge in [-0.1, -0.05) is 44.2 Å². The Morgan fingerprint density at radius 1 is 1.29 bits per heavy atom. The monoisotopic (exact) mass is 423 g/mol. The van der Waals surface area contributed by atoms with Crippen LogP contribution in [0.3, 0.4) is 0 Å². The van der Waals surface area contributed by atoms with Gasteiger partial charge in [-0.25, -0.2) is 18.1 Å². The topological polar surface area (TPSA) is 88.6 Å². The summed E-state index contributed by atoms with van der Waals surface area (Å²) in [7, 11) is -3.63. The lowest BCUT2D eigenvalue weighted by atomic mass is 9.87. The van der Waals surface area contributed by atoms with E-state index in [1.807, 2.05) is 17.5 Å². The molecule has 1 amide bonds. The molecule has 1 N–H and O–H groups in total. The molecule has 7 nitrogen and oxygen atoms in total. The van der Waals surface area contributed by atoms with Crippen molar-refractivity contribution >= 4 is 27.3 Å². The first-order valence-electron chi connectivity index (χ1n) is 9.09. The summed E-state index contributed by atoms with van der Waals surface area (Å²) in [6.45, 7) is 7.28. The fourth-order valence-electron chi connectivity index (χ4n) is 2.80. The van der Waals surface area contributed by atoms with Crippen molar-refractivity contribution in [2.45, 2.75) is 43.6 Å². The minimum Gasteiger partial charge on any atom is -0.463 e. The Hall–Kier alpha value is -1.97. The fourth-order valence-corrected chi connectivity index (χ4v) is 4.38. The number of carbonyl (C=O) groups excluding carboxylic acids is 1. The second-order valence-electron chi connectivity index (χ2n) is 7.76. The normalized spacial score (nSPS) is 15.3. The minimum atomic E-state index is -3.63.